The number of benzene rings is 1. The number of halogens is 1. The van der Waals surface area contributed by atoms with E-state index in [0.717, 1.165) is 23.0 Å². The molecule has 1 aromatic carbocycles. The predicted octanol–water partition coefficient (Wildman–Crippen LogP) is 1.82. The molecule has 1 N–H and O–H groups in total. The number of aromatic nitrogens is 1. The van der Waals surface area contributed by atoms with Gasteiger partial charge in [0.05, 0.1) is 12.1 Å². The maximum atomic E-state index is 11.4. The van der Waals surface area contributed by atoms with Gasteiger partial charge in [-0.25, -0.2) is 0 Å². The highest BCUT2D eigenvalue weighted by atomic mass is 35.5. The van der Waals surface area contributed by atoms with Gasteiger partial charge in [-0.1, -0.05) is 23.7 Å². The Labute approximate surface area is 116 Å². The van der Waals surface area contributed by atoms with E-state index in [2.05, 4.69) is 15.2 Å². The van der Waals surface area contributed by atoms with Crippen LogP contribution in [0.25, 0.3) is 10.9 Å². The van der Waals surface area contributed by atoms with Crippen molar-refractivity contribution in [1.29, 1.82) is 0 Å². The quantitative estimate of drug-likeness (QED) is 0.909. The first-order valence-electron chi connectivity index (χ1n) is 6.25. The third-order valence-corrected chi connectivity index (χ3v) is 3.68. The third kappa shape index (κ3) is 2.55. The molecule has 1 fully saturated rings. The smallest absolute Gasteiger partial charge is 0.234 e. The molecule has 1 amide bonds. The second-order valence-electron chi connectivity index (χ2n) is 4.66. The molecule has 1 aromatic heterocycles. The number of pyridine rings is 1. The van der Waals surface area contributed by atoms with Gasteiger partial charge in [0, 0.05) is 41.8 Å². The maximum absolute atomic E-state index is 11.4. The Morgan fingerprint density at radius 1 is 1.37 bits per heavy atom. The summed E-state index contributed by atoms with van der Waals surface area (Å²) in [5.41, 5.74) is 1.91. The SMILES string of the molecule is O=C1CN(Cc2c(Cl)ccc3cccnc23)CCN1. The first-order valence-corrected chi connectivity index (χ1v) is 6.63. The molecule has 4 nitrogen and oxygen atoms in total. The Hall–Kier alpha value is -1.65. The Morgan fingerprint density at radius 2 is 2.26 bits per heavy atom. The van der Waals surface area contributed by atoms with Crippen LogP contribution in [0.1, 0.15) is 5.56 Å². The molecule has 0 bridgehead atoms. The molecule has 19 heavy (non-hydrogen) atoms. The van der Waals surface area contributed by atoms with Crippen LogP contribution in [-0.4, -0.2) is 35.4 Å². The summed E-state index contributed by atoms with van der Waals surface area (Å²) in [5, 5.41) is 4.60. The van der Waals surface area contributed by atoms with Crippen LogP contribution in [0.2, 0.25) is 5.02 Å². The van der Waals surface area contributed by atoms with Gasteiger partial charge >= 0.3 is 0 Å². The summed E-state index contributed by atoms with van der Waals surface area (Å²) in [7, 11) is 0. The van der Waals surface area contributed by atoms with Gasteiger partial charge in [0.1, 0.15) is 0 Å². The van der Waals surface area contributed by atoms with Gasteiger partial charge in [-0.2, -0.15) is 0 Å². The molecular weight excluding hydrogens is 262 g/mol. The van der Waals surface area contributed by atoms with E-state index in [1.807, 2.05) is 24.3 Å². The van der Waals surface area contributed by atoms with Gasteiger partial charge in [0.2, 0.25) is 5.91 Å². The highest BCUT2D eigenvalue weighted by Crippen LogP contribution is 2.25. The third-order valence-electron chi connectivity index (χ3n) is 3.32. The highest BCUT2D eigenvalue weighted by Gasteiger charge is 2.18. The average molecular weight is 276 g/mol. The van der Waals surface area contributed by atoms with Gasteiger partial charge in [-0.15, -0.1) is 0 Å². The number of nitrogens with one attached hydrogen (secondary N) is 1. The molecule has 0 radical (unpaired) electrons. The van der Waals surface area contributed by atoms with Crippen molar-refractivity contribution < 1.29 is 4.79 Å². The Balaban J connectivity index is 1.95. The van der Waals surface area contributed by atoms with E-state index < -0.39 is 0 Å². The largest absolute Gasteiger partial charge is 0.354 e. The molecule has 98 valence electrons. The lowest BCUT2D eigenvalue weighted by Gasteiger charge is -2.27. The fourth-order valence-corrected chi connectivity index (χ4v) is 2.59. The molecule has 1 aliphatic rings. The summed E-state index contributed by atoms with van der Waals surface area (Å²) in [4.78, 5) is 17.9. The number of hydrogen-bond acceptors (Lipinski definition) is 3. The summed E-state index contributed by atoms with van der Waals surface area (Å²) in [6.07, 6.45) is 1.77. The molecule has 0 saturated carbocycles. The molecule has 2 heterocycles. The predicted molar refractivity (Wildman–Crippen MR) is 75.0 cm³/mol. The van der Waals surface area contributed by atoms with Crippen LogP contribution in [-0.2, 0) is 11.3 Å². The number of fused-ring (bicyclic) bond motifs is 1. The molecule has 1 aliphatic heterocycles. The lowest BCUT2D eigenvalue weighted by Crippen LogP contribution is -2.47. The fraction of sp³-hybridized carbons (Fsp3) is 0.286. The van der Waals surface area contributed by atoms with Crippen molar-refractivity contribution in [3.63, 3.8) is 0 Å². The van der Waals surface area contributed by atoms with Crippen LogP contribution in [0, 0.1) is 0 Å². The van der Waals surface area contributed by atoms with Gasteiger partial charge in [0.25, 0.3) is 0 Å². The van der Waals surface area contributed by atoms with Gasteiger partial charge in [-0.3, -0.25) is 14.7 Å². The van der Waals surface area contributed by atoms with Crippen LogP contribution in [0.3, 0.4) is 0 Å². The van der Waals surface area contributed by atoms with E-state index >= 15 is 0 Å². The van der Waals surface area contributed by atoms with Crippen LogP contribution in [0.15, 0.2) is 30.5 Å². The van der Waals surface area contributed by atoms with E-state index in [1.54, 1.807) is 6.20 Å². The normalized spacial score (nSPS) is 16.6. The minimum atomic E-state index is 0.0653. The summed E-state index contributed by atoms with van der Waals surface area (Å²) in [6, 6.07) is 7.79. The van der Waals surface area contributed by atoms with Crippen LogP contribution >= 0.6 is 11.6 Å². The number of nitrogens with zero attached hydrogens (tertiary/aromatic N) is 2. The molecule has 1 saturated heterocycles. The topological polar surface area (TPSA) is 45.2 Å². The summed E-state index contributed by atoms with van der Waals surface area (Å²) < 4.78 is 0. The number of amides is 1. The lowest BCUT2D eigenvalue weighted by molar-refractivity contribution is -0.124. The minimum absolute atomic E-state index is 0.0653. The molecule has 0 spiro atoms. The first kappa shape index (κ1) is 12.4. The Morgan fingerprint density at radius 3 is 3.11 bits per heavy atom. The summed E-state index contributed by atoms with van der Waals surface area (Å²) in [6.45, 7) is 2.60. The molecule has 5 heteroatoms. The zero-order chi connectivity index (χ0) is 13.2. The van der Waals surface area contributed by atoms with Crippen LogP contribution < -0.4 is 5.32 Å². The number of carbonyl (C=O) groups is 1. The fourth-order valence-electron chi connectivity index (χ4n) is 2.38. The minimum Gasteiger partial charge on any atom is -0.354 e. The van der Waals surface area contributed by atoms with Crippen molar-refractivity contribution in [3.8, 4) is 0 Å². The zero-order valence-corrected chi connectivity index (χ0v) is 11.2. The number of carbonyl (C=O) groups excluding carboxylic acids is 1. The Bertz CT molecular complexity index is 629. The molecule has 2 aromatic rings. The molecule has 0 atom stereocenters. The van der Waals surface area contributed by atoms with Crippen molar-refractivity contribution >= 4 is 28.4 Å². The van der Waals surface area contributed by atoms with E-state index in [9.17, 15) is 4.79 Å². The number of piperazine rings is 1. The molecule has 0 unspecified atom stereocenters. The van der Waals surface area contributed by atoms with E-state index in [0.29, 0.717) is 24.7 Å². The zero-order valence-electron chi connectivity index (χ0n) is 10.4. The van der Waals surface area contributed by atoms with E-state index in [-0.39, 0.29) is 5.91 Å². The molecule has 0 aliphatic carbocycles. The van der Waals surface area contributed by atoms with Crippen LogP contribution in [0.4, 0.5) is 0 Å². The summed E-state index contributed by atoms with van der Waals surface area (Å²) >= 11 is 6.29. The lowest BCUT2D eigenvalue weighted by atomic mass is 10.1. The molecular formula is C14H14ClN3O. The number of rotatable bonds is 2. The molecule has 3 rings (SSSR count). The van der Waals surface area contributed by atoms with Crippen LogP contribution in [0.5, 0.6) is 0 Å². The van der Waals surface area contributed by atoms with Gasteiger partial charge < -0.3 is 5.32 Å². The highest BCUT2D eigenvalue weighted by molar-refractivity contribution is 6.32. The maximum Gasteiger partial charge on any atom is 0.234 e. The summed E-state index contributed by atoms with van der Waals surface area (Å²) in [5.74, 6) is 0.0653. The van der Waals surface area contributed by atoms with Gasteiger partial charge in [0.15, 0.2) is 0 Å². The monoisotopic (exact) mass is 275 g/mol. The standard InChI is InChI=1S/C14H14ClN3O/c15-12-4-3-10-2-1-5-17-14(10)11(12)8-18-7-6-16-13(19)9-18/h1-5H,6-9H2,(H,16,19). The van der Waals surface area contributed by atoms with Gasteiger partial charge in [-0.05, 0) is 12.1 Å². The Kier molecular flexibility index (Phi) is 3.36. The van der Waals surface area contributed by atoms with Crippen molar-refractivity contribution in [3.05, 3.63) is 41.0 Å². The second-order valence-corrected chi connectivity index (χ2v) is 5.07. The van der Waals surface area contributed by atoms with Crippen molar-refractivity contribution in [2.45, 2.75) is 6.54 Å². The average Bonchev–Trinajstić information content (AvgIpc) is 2.42. The van der Waals surface area contributed by atoms with E-state index in [4.69, 9.17) is 11.6 Å². The van der Waals surface area contributed by atoms with E-state index in [1.165, 1.54) is 0 Å². The van der Waals surface area contributed by atoms with Crippen molar-refractivity contribution in [2.75, 3.05) is 19.6 Å². The first-order chi connectivity index (χ1) is 9.24. The van der Waals surface area contributed by atoms with Crippen molar-refractivity contribution in [2.24, 2.45) is 0 Å². The van der Waals surface area contributed by atoms with Crippen molar-refractivity contribution in [1.82, 2.24) is 15.2 Å². The second kappa shape index (κ2) is 5.15. The number of hydrogen-bond donors (Lipinski definition) is 1.